The highest BCUT2D eigenvalue weighted by Gasteiger charge is 2.23. The maximum Gasteiger partial charge on any atom is 0.268 e. The largest absolute Gasteiger partial charge is 0.756 e. The van der Waals surface area contributed by atoms with Crippen molar-refractivity contribution in [3.8, 4) is 0 Å². The van der Waals surface area contributed by atoms with Crippen LogP contribution in [0, 0.1) is 0 Å². The minimum Gasteiger partial charge on any atom is -0.756 e. The number of nitrogens with zero attached hydrogens (tertiary/aromatic N) is 1. The molecule has 0 fully saturated rings. The molecule has 8 nitrogen and oxygen atoms in total. The predicted octanol–water partition coefficient (Wildman–Crippen LogP) is 23.5. The highest BCUT2D eigenvalue weighted by Crippen LogP contribution is 2.38. The Kier molecular flexibility index (Phi) is 65.7. The second kappa shape index (κ2) is 66.9. The number of amides is 1. The highest BCUT2D eigenvalue weighted by molar-refractivity contribution is 7.45. The van der Waals surface area contributed by atoms with Gasteiger partial charge in [-0.15, -0.1) is 0 Å². The van der Waals surface area contributed by atoms with E-state index in [1.807, 2.05) is 27.2 Å². The van der Waals surface area contributed by atoms with Gasteiger partial charge in [0.1, 0.15) is 13.2 Å². The fraction of sp³-hybridized carbons (Fsp3) is 0.882. The molecule has 502 valence electrons. The molecular weight excluding hydrogens is 1070 g/mol. The number of aliphatic hydroxyl groups excluding tert-OH is 1. The zero-order valence-corrected chi connectivity index (χ0v) is 58.5. The van der Waals surface area contributed by atoms with Crippen LogP contribution in [0.1, 0.15) is 380 Å². The molecule has 0 spiro atoms. The average Bonchev–Trinajstić information content (AvgIpc) is 3.48. The monoisotopic (exact) mass is 1220 g/mol. The Morgan fingerprint density at radius 2 is 0.659 bits per heavy atom. The summed E-state index contributed by atoms with van der Waals surface area (Å²) < 4.78 is 23.4. The van der Waals surface area contributed by atoms with Crippen LogP contribution >= 0.6 is 7.82 Å². The summed E-state index contributed by atoms with van der Waals surface area (Å²) in [7, 11) is 1.25. The van der Waals surface area contributed by atoms with E-state index in [-0.39, 0.29) is 12.5 Å². The van der Waals surface area contributed by atoms with E-state index in [2.05, 4.69) is 55.6 Å². The zero-order chi connectivity index (χ0) is 61.9. The molecular formula is C76H147N2O6P. The average molecular weight is 1220 g/mol. The molecule has 3 atom stereocenters. The first kappa shape index (κ1) is 83.5. The maximum atomic E-state index is 13.0. The van der Waals surface area contributed by atoms with Gasteiger partial charge in [-0.25, -0.2) is 0 Å². The lowest BCUT2D eigenvalue weighted by Gasteiger charge is -2.29. The lowest BCUT2D eigenvalue weighted by molar-refractivity contribution is -0.870. The number of allylic oxidation sites excluding steroid dienone is 7. The van der Waals surface area contributed by atoms with Gasteiger partial charge in [-0.05, 0) is 70.6 Å². The Labute approximate surface area is 530 Å². The minimum atomic E-state index is -4.61. The van der Waals surface area contributed by atoms with Gasteiger partial charge in [0.25, 0.3) is 7.82 Å². The number of quaternary nitrogens is 1. The van der Waals surface area contributed by atoms with E-state index in [1.54, 1.807) is 6.08 Å². The van der Waals surface area contributed by atoms with Crippen molar-refractivity contribution in [3.63, 3.8) is 0 Å². The lowest BCUT2D eigenvalue weighted by atomic mass is 10.0. The number of hydrogen-bond acceptors (Lipinski definition) is 6. The first-order valence-corrected chi connectivity index (χ1v) is 39.0. The van der Waals surface area contributed by atoms with Crippen LogP contribution in [0.2, 0.25) is 0 Å². The number of rotatable bonds is 70. The quantitative estimate of drug-likeness (QED) is 0.0272. The molecule has 0 bridgehead atoms. The molecule has 0 rings (SSSR count). The third kappa shape index (κ3) is 69.8. The number of likely N-dealkylation sites (N-methyl/N-ethyl adjacent to an activating group) is 1. The van der Waals surface area contributed by atoms with Gasteiger partial charge >= 0.3 is 0 Å². The molecule has 0 aromatic heterocycles. The molecule has 0 saturated carbocycles. The summed E-state index contributed by atoms with van der Waals surface area (Å²) in [6.45, 7) is 4.67. The molecule has 9 heteroatoms. The number of phosphoric ester groups is 1. The van der Waals surface area contributed by atoms with Crippen LogP contribution in [0.5, 0.6) is 0 Å². The van der Waals surface area contributed by atoms with E-state index in [4.69, 9.17) is 9.05 Å². The van der Waals surface area contributed by atoms with Crippen molar-refractivity contribution in [1.82, 2.24) is 5.32 Å². The topological polar surface area (TPSA) is 108 Å². The number of carbonyl (C=O) groups excluding carboxylic acids is 1. The van der Waals surface area contributed by atoms with Crippen LogP contribution in [-0.2, 0) is 18.4 Å². The summed E-state index contributed by atoms with van der Waals surface area (Å²) in [6.07, 6.45) is 91.3. The van der Waals surface area contributed by atoms with Gasteiger partial charge in [0.05, 0.1) is 39.9 Å². The molecule has 0 aromatic carbocycles. The summed E-state index contributed by atoms with van der Waals surface area (Å²) in [6, 6.07) is -0.910. The summed E-state index contributed by atoms with van der Waals surface area (Å²) >= 11 is 0. The predicted molar refractivity (Wildman–Crippen MR) is 371 cm³/mol. The Hall–Kier alpha value is -1.54. The number of carbonyl (C=O) groups is 1. The fourth-order valence-corrected chi connectivity index (χ4v) is 12.1. The van der Waals surface area contributed by atoms with E-state index < -0.39 is 26.6 Å². The highest BCUT2D eigenvalue weighted by atomic mass is 31.2. The normalized spacial score (nSPS) is 13.8. The van der Waals surface area contributed by atoms with Gasteiger partial charge in [-0.1, -0.05) is 351 Å². The van der Waals surface area contributed by atoms with Gasteiger partial charge in [0.2, 0.25) is 5.91 Å². The van der Waals surface area contributed by atoms with E-state index >= 15 is 0 Å². The Bertz CT molecular complexity index is 1530. The van der Waals surface area contributed by atoms with E-state index in [9.17, 15) is 19.4 Å². The SMILES string of the molecule is CCCCCCCCCC/C=C\CCCCCCCCCCCCCCCCCCCCCCCCCCCCCCCC(=O)NC(COP(=O)([O-])OCC[N+](C)(C)C)C(O)/C=C/CC/C=C/CC/C=C/CCCCCCCCCCCCCC. The summed E-state index contributed by atoms with van der Waals surface area (Å²) in [5.74, 6) is -0.204. The van der Waals surface area contributed by atoms with Crippen LogP contribution in [-0.4, -0.2) is 68.5 Å². The van der Waals surface area contributed by atoms with E-state index in [0.29, 0.717) is 17.4 Å². The van der Waals surface area contributed by atoms with Crippen molar-refractivity contribution in [3.05, 3.63) is 48.6 Å². The van der Waals surface area contributed by atoms with Gasteiger partial charge in [0.15, 0.2) is 0 Å². The second-order valence-electron chi connectivity index (χ2n) is 27.0. The number of hydrogen-bond donors (Lipinski definition) is 2. The molecule has 0 aliphatic heterocycles. The molecule has 0 saturated heterocycles. The Morgan fingerprint density at radius 1 is 0.400 bits per heavy atom. The van der Waals surface area contributed by atoms with Crippen molar-refractivity contribution in [1.29, 1.82) is 0 Å². The van der Waals surface area contributed by atoms with Gasteiger partial charge in [-0.3, -0.25) is 9.36 Å². The molecule has 0 aromatic rings. The van der Waals surface area contributed by atoms with Crippen LogP contribution < -0.4 is 10.2 Å². The zero-order valence-electron chi connectivity index (χ0n) is 57.6. The number of nitrogens with one attached hydrogen (secondary N) is 1. The summed E-state index contributed by atoms with van der Waals surface area (Å²) in [4.78, 5) is 25.6. The Morgan fingerprint density at radius 3 is 0.953 bits per heavy atom. The molecule has 3 unspecified atom stereocenters. The number of unbranched alkanes of at least 4 members (excludes halogenated alkanes) is 51. The third-order valence-electron chi connectivity index (χ3n) is 17.2. The smallest absolute Gasteiger partial charge is 0.268 e. The maximum absolute atomic E-state index is 13.0. The molecule has 85 heavy (non-hydrogen) atoms. The van der Waals surface area contributed by atoms with Gasteiger partial charge in [0, 0.05) is 6.42 Å². The molecule has 1 amide bonds. The van der Waals surface area contributed by atoms with Crippen LogP contribution in [0.3, 0.4) is 0 Å². The molecule has 0 aliphatic rings. The van der Waals surface area contributed by atoms with Crippen LogP contribution in [0.25, 0.3) is 0 Å². The fourth-order valence-electron chi connectivity index (χ4n) is 11.4. The standard InChI is InChI=1S/C76H147N2O6P/c1-6-8-10-12-14-16-18-20-22-24-26-28-30-31-32-33-34-35-36-37-38-39-40-41-42-43-44-45-46-47-48-50-52-54-56-58-60-62-64-66-68-70-76(80)77-74(73-84-85(81,82)83-72-71-78(3,4)5)75(79)69-67-65-63-61-59-57-55-53-51-49-29-27-25-23-21-19-17-15-13-11-9-7-2/h24,26,51,53,59,61,67,69,74-75,79H,6-23,25,27-50,52,54-58,60,62-66,68,70-73H2,1-5H3,(H-,77,80,81,82)/b26-24-,53-51+,61-59+,69-67+. The van der Waals surface area contributed by atoms with Crippen molar-refractivity contribution >= 4 is 13.7 Å². The minimum absolute atomic E-state index is 0.00771. The first-order valence-electron chi connectivity index (χ1n) is 37.5. The molecule has 0 heterocycles. The number of aliphatic hydroxyl groups is 1. The van der Waals surface area contributed by atoms with Crippen molar-refractivity contribution < 1.29 is 32.9 Å². The van der Waals surface area contributed by atoms with Crippen molar-refractivity contribution in [2.75, 3.05) is 40.9 Å². The van der Waals surface area contributed by atoms with Crippen molar-refractivity contribution in [2.24, 2.45) is 0 Å². The Balaban J connectivity index is 3.93. The first-order chi connectivity index (χ1) is 41.5. The summed E-state index contributed by atoms with van der Waals surface area (Å²) in [5, 5.41) is 13.9. The van der Waals surface area contributed by atoms with Crippen molar-refractivity contribution in [2.45, 2.75) is 392 Å². The van der Waals surface area contributed by atoms with E-state index in [0.717, 1.165) is 44.9 Å². The second-order valence-corrected chi connectivity index (χ2v) is 28.4. The molecule has 0 radical (unpaired) electrons. The van der Waals surface area contributed by atoms with Crippen LogP contribution in [0.15, 0.2) is 48.6 Å². The third-order valence-corrected chi connectivity index (χ3v) is 18.2. The number of phosphoric acid groups is 1. The molecule has 0 aliphatic carbocycles. The van der Waals surface area contributed by atoms with Crippen LogP contribution in [0.4, 0.5) is 0 Å². The lowest BCUT2D eigenvalue weighted by Crippen LogP contribution is -2.45. The summed E-state index contributed by atoms with van der Waals surface area (Å²) in [5.41, 5.74) is 0. The van der Waals surface area contributed by atoms with Gasteiger partial charge in [-0.2, -0.15) is 0 Å². The molecule has 2 N–H and O–H groups in total. The van der Waals surface area contributed by atoms with Gasteiger partial charge < -0.3 is 28.8 Å². The van der Waals surface area contributed by atoms with E-state index in [1.165, 1.54) is 315 Å².